The molecule has 12 rings (SSSR count). The van der Waals surface area contributed by atoms with Crippen LogP contribution in [0.1, 0.15) is 241 Å². The SMILES string of the molecule is CCCCCCCCC1(CCCCCCCC)c2cc(C)ccc2-c2ccc(-c3cc(-c4ccc5c(c4)C(CCCCCCCC)(CCCCCCCC)c4cc(-c6ccc(-c7ccc(C)cc7)cc6)ccc4-5)nc(-c4nc(-c5ccccc5)cc(-c5ccccc5)n4)n3)cc21. The second kappa shape index (κ2) is 32.8. The highest BCUT2D eigenvalue weighted by atomic mass is 15.0. The average Bonchev–Trinajstić information content (AvgIpc) is 1.55. The van der Waals surface area contributed by atoms with Crippen LogP contribution in [0.4, 0.5) is 0 Å². The van der Waals surface area contributed by atoms with E-state index in [1.54, 1.807) is 0 Å². The summed E-state index contributed by atoms with van der Waals surface area (Å²) in [5.74, 6) is 1.06. The summed E-state index contributed by atoms with van der Waals surface area (Å²) in [5.41, 5.74) is 26.7. The number of aromatic nitrogens is 4. The normalized spacial score (nSPS) is 13.2. The fourth-order valence-corrected chi connectivity index (χ4v) is 16.3. The van der Waals surface area contributed by atoms with E-state index in [0.29, 0.717) is 11.6 Å². The monoisotopic (exact) mass is 1270 g/mol. The van der Waals surface area contributed by atoms with Crippen LogP contribution in [0.2, 0.25) is 0 Å². The van der Waals surface area contributed by atoms with E-state index in [-0.39, 0.29) is 10.8 Å². The fraction of sp³-hybridized carbons (Fsp3) is 0.391. The Morgan fingerprint density at radius 1 is 0.229 bits per heavy atom. The quantitative estimate of drug-likeness (QED) is 0.0372. The van der Waals surface area contributed by atoms with Crippen LogP contribution in [0.15, 0.2) is 194 Å². The second-order valence-corrected chi connectivity index (χ2v) is 28.7. The molecule has 494 valence electrons. The molecule has 0 atom stereocenters. The van der Waals surface area contributed by atoms with E-state index >= 15 is 0 Å². The van der Waals surface area contributed by atoms with Gasteiger partial charge in [-0.25, -0.2) is 19.9 Å². The van der Waals surface area contributed by atoms with Gasteiger partial charge in [0, 0.05) is 33.1 Å². The summed E-state index contributed by atoms with van der Waals surface area (Å²) in [5, 5.41) is 0. The Balaban J connectivity index is 1.03. The van der Waals surface area contributed by atoms with Gasteiger partial charge >= 0.3 is 0 Å². The van der Waals surface area contributed by atoms with Crippen LogP contribution < -0.4 is 0 Å². The molecule has 8 aromatic carbocycles. The maximum Gasteiger partial charge on any atom is 0.198 e. The number of benzene rings is 8. The first-order valence-electron chi connectivity index (χ1n) is 37.9. The molecule has 0 radical (unpaired) electrons. The molecule has 0 amide bonds. The van der Waals surface area contributed by atoms with Crippen LogP contribution in [0.3, 0.4) is 0 Å². The molecule has 2 aromatic heterocycles. The average molecular weight is 1270 g/mol. The van der Waals surface area contributed by atoms with Gasteiger partial charge in [0.2, 0.25) is 0 Å². The molecular weight excluding hydrogens is 1160 g/mol. The molecule has 0 bridgehead atoms. The van der Waals surface area contributed by atoms with Crippen molar-refractivity contribution in [3.05, 3.63) is 228 Å². The summed E-state index contributed by atoms with van der Waals surface area (Å²) in [6.45, 7) is 13.8. The Bertz CT molecular complexity index is 4050. The minimum absolute atomic E-state index is 0.0896. The van der Waals surface area contributed by atoms with E-state index in [1.165, 1.54) is 232 Å². The number of fused-ring (bicyclic) bond motifs is 6. The highest BCUT2D eigenvalue weighted by Crippen LogP contribution is 2.58. The first-order chi connectivity index (χ1) is 47.2. The fourth-order valence-electron chi connectivity index (χ4n) is 16.3. The molecule has 4 heteroatoms. The van der Waals surface area contributed by atoms with Crippen molar-refractivity contribution in [3.8, 4) is 101 Å². The first-order valence-corrected chi connectivity index (χ1v) is 37.9. The Labute approximate surface area is 577 Å². The van der Waals surface area contributed by atoms with Crippen LogP contribution in [-0.2, 0) is 10.8 Å². The molecule has 0 spiro atoms. The molecule has 0 aliphatic heterocycles. The molecule has 0 fully saturated rings. The minimum atomic E-state index is -0.173. The molecule has 2 aliphatic rings. The number of hydrogen-bond acceptors (Lipinski definition) is 4. The molecule has 2 heterocycles. The number of nitrogens with zero attached hydrogens (tertiary/aromatic N) is 4. The maximum atomic E-state index is 5.74. The minimum Gasteiger partial charge on any atom is -0.225 e. The molecule has 0 saturated carbocycles. The van der Waals surface area contributed by atoms with Gasteiger partial charge in [-0.05, 0) is 137 Å². The van der Waals surface area contributed by atoms with E-state index in [1.807, 2.05) is 0 Å². The van der Waals surface area contributed by atoms with Crippen LogP contribution in [0.5, 0.6) is 0 Å². The van der Waals surface area contributed by atoms with Crippen molar-refractivity contribution in [1.82, 2.24) is 19.9 Å². The molecule has 4 nitrogen and oxygen atoms in total. The third-order valence-electron chi connectivity index (χ3n) is 21.7. The molecule has 10 aromatic rings. The van der Waals surface area contributed by atoms with Crippen molar-refractivity contribution in [2.24, 2.45) is 0 Å². The molecular formula is C92H106N4. The lowest BCUT2D eigenvalue weighted by Gasteiger charge is -2.33. The number of hydrogen-bond donors (Lipinski definition) is 0. The van der Waals surface area contributed by atoms with E-state index in [9.17, 15) is 0 Å². The lowest BCUT2D eigenvalue weighted by Crippen LogP contribution is -2.26. The van der Waals surface area contributed by atoms with Gasteiger partial charge in [-0.2, -0.15) is 0 Å². The topological polar surface area (TPSA) is 51.6 Å². The van der Waals surface area contributed by atoms with Crippen LogP contribution >= 0.6 is 0 Å². The van der Waals surface area contributed by atoms with Crippen molar-refractivity contribution in [1.29, 1.82) is 0 Å². The van der Waals surface area contributed by atoms with Gasteiger partial charge in [-0.3, -0.25) is 0 Å². The van der Waals surface area contributed by atoms with Crippen LogP contribution in [0, 0.1) is 13.8 Å². The number of aryl methyl sites for hydroxylation is 2. The van der Waals surface area contributed by atoms with Gasteiger partial charge in [0.05, 0.1) is 22.8 Å². The van der Waals surface area contributed by atoms with Crippen LogP contribution in [-0.4, -0.2) is 19.9 Å². The molecule has 2 aliphatic carbocycles. The van der Waals surface area contributed by atoms with E-state index in [4.69, 9.17) is 19.9 Å². The summed E-state index contributed by atoms with van der Waals surface area (Å²) in [6, 6.07) is 73.4. The molecule has 96 heavy (non-hydrogen) atoms. The molecule has 0 unspecified atom stereocenters. The summed E-state index contributed by atoms with van der Waals surface area (Å²) in [4.78, 5) is 22.4. The number of rotatable bonds is 35. The zero-order valence-electron chi connectivity index (χ0n) is 59.1. The summed E-state index contributed by atoms with van der Waals surface area (Å²) < 4.78 is 0. The van der Waals surface area contributed by atoms with E-state index < -0.39 is 0 Å². The Kier molecular flexibility index (Phi) is 23.2. The predicted octanol–water partition coefficient (Wildman–Crippen LogP) is 27.1. The standard InChI is InChI=1S/C92H106N4/c1-7-11-15-19-23-33-57-91(58-34-24-20-16-12-8-2)81-61-68(6)43-53-77(81)79-55-51-75(63-83(79)91)87-66-88(96-90(95-87)89-93-85(72-37-29-27-30-38-72)65-86(94-89)73-39-31-28-32-40-73)76-52-56-80-78-54-50-74(71-48-46-70(47-49-71)69-44-41-67(5)42-45-69)62-82(78)92(84(80)64-76,59-35-25-21-17-13-9-3)60-36-26-22-18-14-10-4/h27-32,37-56,61-66H,7-26,33-36,57-60H2,1-6H3. The highest BCUT2D eigenvalue weighted by molar-refractivity contribution is 5.88. The second-order valence-electron chi connectivity index (χ2n) is 28.7. The summed E-state index contributed by atoms with van der Waals surface area (Å²) in [7, 11) is 0. The van der Waals surface area contributed by atoms with Crippen molar-refractivity contribution in [3.63, 3.8) is 0 Å². The lowest BCUT2D eigenvalue weighted by atomic mass is 9.70. The van der Waals surface area contributed by atoms with Gasteiger partial charge in [-0.1, -0.05) is 357 Å². The van der Waals surface area contributed by atoms with Crippen LogP contribution in [0.25, 0.3) is 101 Å². The van der Waals surface area contributed by atoms with E-state index in [0.717, 1.165) is 70.7 Å². The third-order valence-corrected chi connectivity index (χ3v) is 21.7. The van der Waals surface area contributed by atoms with Crippen molar-refractivity contribution >= 4 is 0 Å². The first kappa shape index (κ1) is 67.9. The lowest BCUT2D eigenvalue weighted by molar-refractivity contribution is 0.398. The van der Waals surface area contributed by atoms with Gasteiger partial charge in [0.1, 0.15) is 0 Å². The summed E-state index contributed by atoms with van der Waals surface area (Å²) in [6.07, 6.45) is 35.2. The number of unbranched alkanes of at least 4 members (excludes halogenated alkanes) is 20. The molecule has 0 N–H and O–H groups in total. The Morgan fingerprint density at radius 3 is 0.875 bits per heavy atom. The van der Waals surface area contributed by atoms with E-state index in [2.05, 4.69) is 236 Å². The van der Waals surface area contributed by atoms with Gasteiger partial charge in [-0.15, -0.1) is 0 Å². The van der Waals surface area contributed by atoms with Crippen molar-refractivity contribution < 1.29 is 0 Å². The largest absolute Gasteiger partial charge is 0.225 e. The van der Waals surface area contributed by atoms with Gasteiger partial charge in [0.25, 0.3) is 0 Å². The molecule has 0 saturated heterocycles. The zero-order chi connectivity index (χ0) is 66.1. The highest BCUT2D eigenvalue weighted by Gasteiger charge is 2.44. The van der Waals surface area contributed by atoms with Crippen molar-refractivity contribution in [2.75, 3.05) is 0 Å². The van der Waals surface area contributed by atoms with Gasteiger partial charge in [0.15, 0.2) is 11.6 Å². The smallest absolute Gasteiger partial charge is 0.198 e. The Morgan fingerprint density at radius 2 is 0.500 bits per heavy atom. The predicted molar refractivity (Wildman–Crippen MR) is 410 cm³/mol. The zero-order valence-corrected chi connectivity index (χ0v) is 59.1. The maximum absolute atomic E-state index is 5.74. The Hall–Kier alpha value is -8.08. The third kappa shape index (κ3) is 15.5. The van der Waals surface area contributed by atoms with Gasteiger partial charge < -0.3 is 0 Å². The summed E-state index contributed by atoms with van der Waals surface area (Å²) >= 11 is 0. The van der Waals surface area contributed by atoms with Crippen molar-refractivity contribution in [2.45, 2.75) is 232 Å².